The molecule has 0 unspecified atom stereocenters. The van der Waals surface area contributed by atoms with Crippen LogP contribution in [0.3, 0.4) is 0 Å². The van der Waals surface area contributed by atoms with E-state index in [1.807, 2.05) is 6.07 Å². The SMILES string of the molecule is C=CC(=O)Nc1cc(Nc2ncc(Cl)c(Nc3ccccc3NS(C)(=O)=O)n2)c(OC)cc1N1CCOCC1. The minimum Gasteiger partial charge on any atom is -0.494 e. The van der Waals surface area contributed by atoms with E-state index in [9.17, 15) is 13.2 Å². The lowest BCUT2D eigenvalue weighted by Crippen LogP contribution is -2.36. The molecule has 1 aliphatic rings. The number of carbonyl (C=O) groups is 1. The molecule has 0 radical (unpaired) electrons. The molecule has 0 atom stereocenters. The molecule has 1 saturated heterocycles. The first-order chi connectivity index (χ1) is 18.7. The van der Waals surface area contributed by atoms with Crippen molar-refractivity contribution in [2.75, 3.05) is 65.2 Å². The minimum absolute atomic E-state index is 0.175. The third-order valence-corrected chi connectivity index (χ3v) is 6.45. The number of methoxy groups -OCH3 is 1. The van der Waals surface area contributed by atoms with Gasteiger partial charge in [-0.2, -0.15) is 4.98 Å². The molecule has 4 N–H and O–H groups in total. The number of anilines is 7. The van der Waals surface area contributed by atoms with Crippen molar-refractivity contribution >= 4 is 67.7 Å². The molecule has 1 aliphatic heterocycles. The predicted octanol–water partition coefficient (Wildman–Crippen LogP) is 3.96. The van der Waals surface area contributed by atoms with Crippen LogP contribution >= 0.6 is 11.6 Å². The molecule has 14 heteroatoms. The maximum atomic E-state index is 12.2. The number of nitrogens with one attached hydrogen (secondary N) is 4. The Bertz CT molecular complexity index is 1480. The fourth-order valence-corrected chi connectivity index (χ4v) is 4.55. The van der Waals surface area contributed by atoms with Gasteiger partial charge in [0.25, 0.3) is 0 Å². The van der Waals surface area contributed by atoms with Gasteiger partial charge in [-0.3, -0.25) is 9.52 Å². The molecule has 4 rings (SSSR count). The Balaban J connectivity index is 1.67. The molecule has 2 heterocycles. The van der Waals surface area contributed by atoms with Crippen molar-refractivity contribution in [3.63, 3.8) is 0 Å². The number of amides is 1. The van der Waals surface area contributed by atoms with Crippen LogP contribution in [0.25, 0.3) is 0 Å². The van der Waals surface area contributed by atoms with Gasteiger partial charge in [0.1, 0.15) is 10.8 Å². The van der Waals surface area contributed by atoms with Crippen molar-refractivity contribution in [3.05, 3.63) is 60.3 Å². The number of aromatic nitrogens is 2. The van der Waals surface area contributed by atoms with E-state index in [0.717, 1.165) is 11.9 Å². The van der Waals surface area contributed by atoms with E-state index in [-0.39, 0.29) is 22.7 Å². The normalized spacial score (nSPS) is 13.4. The molecule has 1 fully saturated rings. The smallest absolute Gasteiger partial charge is 0.247 e. The van der Waals surface area contributed by atoms with Crippen molar-refractivity contribution < 1.29 is 22.7 Å². The van der Waals surface area contributed by atoms with Crippen LogP contribution in [-0.2, 0) is 19.6 Å². The Labute approximate surface area is 231 Å². The molecule has 206 valence electrons. The van der Waals surface area contributed by atoms with Gasteiger partial charge in [0.05, 0.1) is 61.2 Å². The maximum absolute atomic E-state index is 12.2. The number of carbonyl (C=O) groups excluding carboxylic acids is 1. The summed E-state index contributed by atoms with van der Waals surface area (Å²) >= 11 is 6.35. The summed E-state index contributed by atoms with van der Waals surface area (Å²) in [4.78, 5) is 23.0. The van der Waals surface area contributed by atoms with Crippen molar-refractivity contribution in [2.24, 2.45) is 0 Å². The lowest BCUT2D eigenvalue weighted by atomic mass is 10.1. The van der Waals surface area contributed by atoms with Gasteiger partial charge in [0.15, 0.2) is 5.82 Å². The second-order valence-corrected chi connectivity index (χ2v) is 10.6. The Kier molecular flexibility index (Phi) is 8.74. The van der Waals surface area contributed by atoms with Gasteiger partial charge in [-0.25, -0.2) is 13.4 Å². The lowest BCUT2D eigenvalue weighted by Gasteiger charge is -2.31. The van der Waals surface area contributed by atoms with Crippen LogP contribution in [0.1, 0.15) is 0 Å². The maximum Gasteiger partial charge on any atom is 0.247 e. The van der Waals surface area contributed by atoms with Gasteiger partial charge >= 0.3 is 0 Å². The van der Waals surface area contributed by atoms with Gasteiger partial charge in [-0.15, -0.1) is 0 Å². The van der Waals surface area contributed by atoms with E-state index < -0.39 is 10.0 Å². The molecule has 1 aromatic heterocycles. The van der Waals surface area contributed by atoms with E-state index >= 15 is 0 Å². The molecule has 0 saturated carbocycles. The lowest BCUT2D eigenvalue weighted by molar-refractivity contribution is -0.111. The number of benzene rings is 2. The molecule has 12 nitrogen and oxygen atoms in total. The Morgan fingerprint density at radius 1 is 1.13 bits per heavy atom. The Hall–Kier alpha value is -4.07. The molecule has 0 bridgehead atoms. The van der Waals surface area contributed by atoms with Crippen LogP contribution in [0.4, 0.5) is 40.2 Å². The highest BCUT2D eigenvalue weighted by molar-refractivity contribution is 7.92. The second-order valence-electron chi connectivity index (χ2n) is 8.42. The summed E-state index contributed by atoms with van der Waals surface area (Å²) in [5.41, 5.74) is 2.56. The number of rotatable bonds is 10. The number of sulfonamides is 1. The van der Waals surface area contributed by atoms with Gasteiger partial charge < -0.3 is 30.3 Å². The third kappa shape index (κ3) is 7.28. The van der Waals surface area contributed by atoms with Gasteiger partial charge in [0.2, 0.25) is 21.9 Å². The average molecular weight is 574 g/mol. The highest BCUT2D eigenvalue weighted by Gasteiger charge is 2.20. The number of morpholine rings is 1. The Morgan fingerprint density at radius 2 is 1.85 bits per heavy atom. The second kappa shape index (κ2) is 12.2. The number of halogens is 1. The molecular weight excluding hydrogens is 546 g/mol. The molecule has 2 aromatic carbocycles. The number of hydrogen-bond acceptors (Lipinski definition) is 10. The van der Waals surface area contributed by atoms with Crippen LogP contribution in [0.5, 0.6) is 5.75 Å². The van der Waals surface area contributed by atoms with Crippen molar-refractivity contribution in [1.82, 2.24) is 9.97 Å². The first-order valence-corrected chi connectivity index (χ1v) is 14.1. The molecule has 0 spiro atoms. The van der Waals surface area contributed by atoms with Crippen LogP contribution in [0.2, 0.25) is 5.02 Å². The zero-order chi connectivity index (χ0) is 28.0. The summed E-state index contributed by atoms with van der Waals surface area (Å²) in [5.74, 6) is 0.537. The molecular formula is C25H28ClN7O5S. The Morgan fingerprint density at radius 3 is 2.51 bits per heavy atom. The summed E-state index contributed by atoms with van der Waals surface area (Å²) in [5, 5.41) is 9.22. The number of para-hydroxylation sites is 2. The summed E-state index contributed by atoms with van der Waals surface area (Å²) < 4.78 is 37.1. The molecule has 1 amide bonds. The highest BCUT2D eigenvalue weighted by Crippen LogP contribution is 2.39. The quantitative estimate of drug-likeness (QED) is 0.263. The highest BCUT2D eigenvalue weighted by atomic mass is 35.5. The fraction of sp³-hybridized carbons (Fsp3) is 0.240. The summed E-state index contributed by atoms with van der Waals surface area (Å²) in [7, 11) is -1.98. The average Bonchev–Trinajstić information content (AvgIpc) is 2.91. The third-order valence-electron chi connectivity index (χ3n) is 5.58. The minimum atomic E-state index is -3.51. The van der Waals surface area contributed by atoms with E-state index in [1.54, 1.807) is 30.3 Å². The number of nitrogens with zero attached hydrogens (tertiary/aromatic N) is 3. The van der Waals surface area contributed by atoms with Gasteiger partial charge in [0, 0.05) is 19.2 Å². The summed E-state index contributed by atoms with van der Waals surface area (Å²) in [6.07, 6.45) is 3.66. The first kappa shape index (κ1) is 28.0. The van der Waals surface area contributed by atoms with E-state index in [4.69, 9.17) is 21.1 Å². The molecule has 3 aromatic rings. The monoisotopic (exact) mass is 573 g/mol. The number of hydrogen-bond donors (Lipinski definition) is 4. The zero-order valence-corrected chi connectivity index (χ0v) is 22.9. The van der Waals surface area contributed by atoms with Crippen molar-refractivity contribution in [3.8, 4) is 5.75 Å². The van der Waals surface area contributed by atoms with Crippen LogP contribution in [0.15, 0.2) is 55.3 Å². The fourth-order valence-electron chi connectivity index (χ4n) is 3.83. The van der Waals surface area contributed by atoms with E-state index in [2.05, 4.69) is 42.1 Å². The van der Waals surface area contributed by atoms with Gasteiger partial charge in [-0.1, -0.05) is 30.3 Å². The largest absolute Gasteiger partial charge is 0.494 e. The van der Waals surface area contributed by atoms with Gasteiger partial charge in [-0.05, 0) is 24.3 Å². The molecule has 0 aliphatic carbocycles. The van der Waals surface area contributed by atoms with Crippen molar-refractivity contribution in [1.29, 1.82) is 0 Å². The van der Waals surface area contributed by atoms with E-state index in [1.165, 1.54) is 19.4 Å². The van der Waals surface area contributed by atoms with Crippen LogP contribution in [0, 0.1) is 0 Å². The van der Waals surface area contributed by atoms with Crippen LogP contribution < -0.4 is 30.3 Å². The summed E-state index contributed by atoms with van der Waals surface area (Å²) in [6.45, 7) is 5.97. The standard InChI is InChI=1S/C25H28ClN7O5S/c1-4-23(34)28-19-13-20(22(37-2)14-21(19)33-9-11-38-12-10-33)30-25-27-15-16(26)24(31-25)29-17-7-5-6-8-18(17)32-39(3,35)36/h4-8,13-15,32H,1,9-12H2,2-3H3,(H,28,34)(H2,27,29,30,31). The predicted molar refractivity (Wildman–Crippen MR) is 153 cm³/mol. The molecule has 39 heavy (non-hydrogen) atoms. The number of ether oxygens (including phenoxy) is 2. The van der Waals surface area contributed by atoms with Crippen LogP contribution in [-0.4, -0.2) is 64.0 Å². The van der Waals surface area contributed by atoms with Crippen molar-refractivity contribution in [2.45, 2.75) is 0 Å². The topological polar surface area (TPSA) is 147 Å². The summed E-state index contributed by atoms with van der Waals surface area (Å²) in [6, 6.07) is 10.3. The van der Waals surface area contributed by atoms with E-state index in [0.29, 0.717) is 54.8 Å². The first-order valence-electron chi connectivity index (χ1n) is 11.8. The zero-order valence-electron chi connectivity index (χ0n) is 21.3.